The van der Waals surface area contributed by atoms with E-state index in [2.05, 4.69) is 5.32 Å². The van der Waals surface area contributed by atoms with Gasteiger partial charge in [0.25, 0.3) is 0 Å². The normalized spacial score (nSPS) is 12.9. The van der Waals surface area contributed by atoms with Gasteiger partial charge in [-0.25, -0.2) is 4.79 Å². The Bertz CT molecular complexity index is 442. The zero-order chi connectivity index (χ0) is 18.6. The molecule has 0 aliphatic rings. The van der Waals surface area contributed by atoms with Crippen molar-refractivity contribution in [1.29, 1.82) is 0 Å². The third-order valence-electron chi connectivity index (χ3n) is 3.06. The molecule has 0 aromatic rings. The lowest BCUT2D eigenvalue weighted by atomic mass is 10.0. The summed E-state index contributed by atoms with van der Waals surface area (Å²) in [5.41, 5.74) is 10.6. The van der Waals surface area contributed by atoms with Gasteiger partial charge < -0.3 is 21.5 Å². The molecule has 1 unspecified atom stereocenters. The van der Waals surface area contributed by atoms with Crippen LogP contribution in [-0.2, 0) is 14.3 Å². The molecule has 5 N–H and O–H groups in total. The Kier molecular flexibility index (Phi) is 10.9. The van der Waals surface area contributed by atoms with Crippen LogP contribution in [0.4, 0.5) is 4.79 Å². The minimum absolute atomic E-state index is 0.0920. The first kappa shape index (κ1) is 22.3. The van der Waals surface area contributed by atoms with E-state index in [9.17, 15) is 14.4 Å². The summed E-state index contributed by atoms with van der Waals surface area (Å²) >= 11 is 0. The Morgan fingerprint density at radius 1 is 1.12 bits per heavy atom. The van der Waals surface area contributed by atoms with Crippen molar-refractivity contribution in [1.82, 2.24) is 5.32 Å². The molecule has 0 bridgehead atoms. The fourth-order valence-corrected chi connectivity index (χ4v) is 1.81. The molecule has 0 saturated heterocycles. The highest BCUT2D eigenvalue weighted by Crippen LogP contribution is 2.06. The van der Waals surface area contributed by atoms with Crippen LogP contribution in [0.2, 0.25) is 0 Å². The van der Waals surface area contributed by atoms with E-state index < -0.39 is 17.7 Å². The number of carbonyl (C=O) groups is 3. The van der Waals surface area contributed by atoms with Crippen molar-refractivity contribution in [2.45, 2.75) is 64.5 Å². The number of nitrogens with two attached hydrogens (primary N) is 2. The number of hydrogen-bond acceptors (Lipinski definition) is 6. The summed E-state index contributed by atoms with van der Waals surface area (Å²) in [5.74, 6) is -0.522. The van der Waals surface area contributed by atoms with Gasteiger partial charge in [-0.2, -0.15) is 0 Å². The molecule has 0 heterocycles. The van der Waals surface area contributed by atoms with Crippen LogP contribution in [0.1, 0.15) is 52.9 Å². The molecule has 0 aliphatic heterocycles. The van der Waals surface area contributed by atoms with Gasteiger partial charge in [0.2, 0.25) is 0 Å². The van der Waals surface area contributed by atoms with Gasteiger partial charge in [0, 0.05) is 13.0 Å². The number of unbranched alkanes of at least 4 members (excludes halogenated alkanes) is 2. The van der Waals surface area contributed by atoms with Crippen LogP contribution < -0.4 is 16.8 Å². The maximum absolute atomic E-state index is 11.8. The molecule has 7 heteroatoms. The first-order chi connectivity index (χ1) is 11.2. The summed E-state index contributed by atoms with van der Waals surface area (Å²) < 4.78 is 5.05. The van der Waals surface area contributed by atoms with Crippen LogP contribution in [0.15, 0.2) is 12.2 Å². The summed E-state index contributed by atoms with van der Waals surface area (Å²) in [6.07, 6.45) is 5.21. The van der Waals surface area contributed by atoms with E-state index in [-0.39, 0.29) is 24.5 Å². The average molecular weight is 341 g/mol. The third-order valence-corrected chi connectivity index (χ3v) is 3.06. The number of nitrogens with one attached hydrogen (secondary N) is 1. The molecular formula is C17H31N3O4. The van der Waals surface area contributed by atoms with E-state index in [1.165, 1.54) is 12.2 Å². The number of allylic oxidation sites excluding steroid dienone is 1. The molecule has 1 amide bonds. The molecule has 0 radical (unpaired) electrons. The van der Waals surface area contributed by atoms with E-state index in [1.54, 1.807) is 20.8 Å². The summed E-state index contributed by atoms with van der Waals surface area (Å²) in [4.78, 5) is 34.8. The molecule has 0 fully saturated rings. The number of amides is 1. The van der Waals surface area contributed by atoms with Gasteiger partial charge >= 0.3 is 6.09 Å². The average Bonchev–Trinajstić information content (AvgIpc) is 2.47. The molecule has 0 rings (SSSR count). The number of ketones is 2. The number of carbonyl (C=O) groups excluding carboxylic acids is 3. The lowest BCUT2D eigenvalue weighted by Gasteiger charge is -2.19. The second-order valence-electron chi connectivity index (χ2n) is 6.63. The SMILES string of the molecule is CC(C)(C)OC(=O)NCCC(=O)C=CC(=O)C(N)CCCCCN. The van der Waals surface area contributed by atoms with Gasteiger partial charge in [0.05, 0.1) is 6.04 Å². The Balaban J connectivity index is 3.98. The quantitative estimate of drug-likeness (QED) is 0.386. The second kappa shape index (κ2) is 11.8. The molecule has 0 aromatic carbocycles. The molecule has 7 nitrogen and oxygen atoms in total. The van der Waals surface area contributed by atoms with Crippen molar-refractivity contribution in [2.75, 3.05) is 13.1 Å². The molecule has 24 heavy (non-hydrogen) atoms. The Labute approximate surface area is 144 Å². The van der Waals surface area contributed by atoms with Crippen molar-refractivity contribution in [2.24, 2.45) is 11.5 Å². The van der Waals surface area contributed by atoms with Gasteiger partial charge in [0.15, 0.2) is 11.6 Å². The highest BCUT2D eigenvalue weighted by molar-refractivity contribution is 6.00. The number of hydrogen-bond donors (Lipinski definition) is 3. The minimum atomic E-state index is -0.591. The standard InChI is InChI=1S/C17H31N3O4/c1-17(2,3)24-16(23)20-12-10-13(21)8-9-15(22)14(19)7-5-4-6-11-18/h8-9,14H,4-7,10-12,18-19H2,1-3H3,(H,20,23). The Morgan fingerprint density at radius 3 is 2.38 bits per heavy atom. The summed E-state index contributed by atoms with van der Waals surface area (Å²) in [6.45, 7) is 6.05. The van der Waals surface area contributed by atoms with Gasteiger partial charge in [-0.15, -0.1) is 0 Å². The maximum atomic E-state index is 11.8. The van der Waals surface area contributed by atoms with Crippen molar-refractivity contribution >= 4 is 17.7 Å². The predicted octanol–water partition coefficient (Wildman–Crippen LogP) is 1.44. The monoisotopic (exact) mass is 341 g/mol. The highest BCUT2D eigenvalue weighted by Gasteiger charge is 2.15. The maximum Gasteiger partial charge on any atom is 0.407 e. The first-order valence-electron chi connectivity index (χ1n) is 8.33. The van der Waals surface area contributed by atoms with E-state index in [0.717, 1.165) is 19.3 Å². The van der Waals surface area contributed by atoms with Crippen molar-refractivity contribution in [3.8, 4) is 0 Å². The highest BCUT2D eigenvalue weighted by atomic mass is 16.6. The largest absolute Gasteiger partial charge is 0.444 e. The van der Waals surface area contributed by atoms with Crippen molar-refractivity contribution in [3.63, 3.8) is 0 Å². The van der Waals surface area contributed by atoms with Crippen LogP contribution in [0, 0.1) is 0 Å². The second-order valence-corrected chi connectivity index (χ2v) is 6.63. The molecule has 0 spiro atoms. The van der Waals surface area contributed by atoms with E-state index >= 15 is 0 Å². The summed E-state index contributed by atoms with van der Waals surface area (Å²) in [5, 5.41) is 2.48. The lowest BCUT2D eigenvalue weighted by molar-refractivity contribution is -0.117. The predicted molar refractivity (Wildman–Crippen MR) is 93.5 cm³/mol. The third kappa shape index (κ3) is 12.8. The minimum Gasteiger partial charge on any atom is -0.444 e. The molecule has 0 saturated carbocycles. The van der Waals surface area contributed by atoms with Gasteiger partial charge in [-0.05, 0) is 52.3 Å². The molecule has 138 valence electrons. The zero-order valence-electron chi connectivity index (χ0n) is 15.0. The molecule has 0 aliphatic carbocycles. The number of ether oxygens (including phenoxy) is 1. The number of rotatable bonds is 11. The van der Waals surface area contributed by atoms with Crippen molar-refractivity contribution in [3.05, 3.63) is 12.2 Å². The van der Waals surface area contributed by atoms with E-state index in [0.29, 0.717) is 13.0 Å². The fourth-order valence-electron chi connectivity index (χ4n) is 1.81. The smallest absolute Gasteiger partial charge is 0.407 e. The number of alkyl carbamates (subject to hydrolysis) is 1. The van der Waals surface area contributed by atoms with Gasteiger partial charge in [-0.1, -0.05) is 12.8 Å². The summed E-state index contributed by atoms with van der Waals surface area (Å²) in [6, 6.07) is -0.591. The first-order valence-corrected chi connectivity index (χ1v) is 8.33. The van der Waals surface area contributed by atoms with Crippen LogP contribution >= 0.6 is 0 Å². The molecule has 1 atom stereocenters. The van der Waals surface area contributed by atoms with E-state index in [4.69, 9.17) is 16.2 Å². The fraction of sp³-hybridized carbons (Fsp3) is 0.706. The summed E-state index contributed by atoms with van der Waals surface area (Å²) in [7, 11) is 0. The van der Waals surface area contributed by atoms with Gasteiger partial charge in [0.1, 0.15) is 5.60 Å². The zero-order valence-corrected chi connectivity index (χ0v) is 15.0. The van der Waals surface area contributed by atoms with E-state index in [1.807, 2.05) is 0 Å². The van der Waals surface area contributed by atoms with Crippen molar-refractivity contribution < 1.29 is 19.1 Å². The molecule has 0 aromatic heterocycles. The topological polar surface area (TPSA) is 125 Å². The molecular weight excluding hydrogens is 310 g/mol. The van der Waals surface area contributed by atoms with Crippen LogP contribution in [0.5, 0.6) is 0 Å². The Morgan fingerprint density at radius 2 is 1.79 bits per heavy atom. The lowest BCUT2D eigenvalue weighted by Crippen LogP contribution is -2.33. The van der Waals surface area contributed by atoms with Crippen LogP contribution in [0.3, 0.4) is 0 Å². The van der Waals surface area contributed by atoms with Gasteiger partial charge in [-0.3, -0.25) is 9.59 Å². The van der Waals surface area contributed by atoms with Crippen LogP contribution in [0.25, 0.3) is 0 Å². The Hall–Kier alpha value is -1.73. The van der Waals surface area contributed by atoms with Crippen LogP contribution in [-0.4, -0.2) is 42.4 Å².